The van der Waals surface area contributed by atoms with Gasteiger partial charge < -0.3 is 15.1 Å². The van der Waals surface area contributed by atoms with Crippen molar-refractivity contribution in [2.45, 2.75) is 38.7 Å². The average Bonchev–Trinajstić information content (AvgIpc) is 3.82. The van der Waals surface area contributed by atoms with Crippen LogP contribution in [0, 0.1) is 0 Å². The lowest BCUT2D eigenvalue weighted by Gasteiger charge is -2.20. The van der Waals surface area contributed by atoms with Crippen LogP contribution in [0.2, 0.25) is 0 Å². The van der Waals surface area contributed by atoms with Gasteiger partial charge in [-0.05, 0) is 68.8 Å². The number of fused-ring (bicyclic) bond motifs is 1. The molecule has 0 aliphatic heterocycles. The highest BCUT2D eigenvalue weighted by Gasteiger charge is 2.34. The third-order valence-electron chi connectivity index (χ3n) is 7.47. The summed E-state index contributed by atoms with van der Waals surface area (Å²) >= 11 is 0. The highest BCUT2D eigenvalue weighted by molar-refractivity contribution is 6.11. The van der Waals surface area contributed by atoms with E-state index in [2.05, 4.69) is 25.8 Å². The maximum atomic E-state index is 13.6. The molecule has 4 aromatic heterocycles. The third kappa shape index (κ3) is 6.68. The number of nitrogens with one attached hydrogen (secondary N) is 2. The Bertz CT molecular complexity index is 2240. The normalized spacial score (nSPS) is 12.4. The summed E-state index contributed by atoms with van der Waals surface area (Å²) in [4.78, 5) is 30.9. The van der Waals surface area contributed by atoms with Crippen molar-refractivity contribution in [3.63, 3.8) is 0 Å². The highest BCUT2D eigenvalue weighted by Crippen LogP contribution is 2.39. The predicted molar refractivity (Wildman–Crippen MR) is 170 cm³/mol. The minimum atomic E-state index is -4.70. The first-order chi connectivity index (χ1) is 23.4. The molecular formula is C34H27F6N7O3. The molecule has 0 radical (unpaired) electrons. The molecular weight excluding hydrogens is 668 g/mol. The van der Waals surface area contributed by atoms with Gasteiger partial charge in [-0.15, -0.1) is 0 Å². The summed E-state index contributed by atoms with van der Waals surface area (Å²) in [6.45, 7) is 5.43. The Morgan fingerprint density at radius 2 is 1.40 bits per heavy atom. The van der Waals surface area contributed by atoms with Crippen molar-refractivity contribution >= 4 is 22.9 Å². The van der Waals surface area contributed by atoms with E-state index in [4.69, 9.17) is 4.42 Å². The van der Waals surface area contributed by atoms with Gasteiger partial charge in [0.1, 0.15) is 5.76 Å². The number of nitrogens with zero attached hydrogens (tertiary/aromatic N) is 5. The number of rotatable bonds is 6. The van der Waals surface area contributed by atoms with E-state index in [-0.39, 0.29) is 39.4 Å². The van der Waals surface area contributed by atoms with E-state index in [9.17, 15) is 35.9 Å². The maximum absolute atomic E-state index is 13.6. The van der Waals surface area contributed by atoms with Gasteiger partial charge in [-0.1, -0.05) is 12.1 Å². The number of benzene rings is 2. The second-order valence-electron chi connectivity index (χ2n) is 12.3. The monoisotopic (exact) mass is 695 g/mol. The molecule has 50 heavy (non-hydrogen) atoms. The first-order valence-corrected chi connectivity index (χ1v) is 14.9. The summed E-state index contributed by atoms with van der Waals surface area (Å²) in [6.07, 6.45) is -6.35. The molecule has 258 valence electrons. The number of carbonyl (C=O) groups excluding carboxylic acids is 2. The Morgan fingerprint density at radius 3 is 1.98 bits per heavy atom. The van der Waals surface area contributed by atoms with Crippen molar-refractivity contribution in [1.29, 1.82) is 0 Å². The molecule has 10 nitrogen and oxygen atoms in total. The van der Waals surface area contributed by atoms with E-state index >= 15 is 0 Å². The molecule has 16 heteroatoms. The van der Waals surface area contributed by atoms with Crippen LogP contribution < -0.4 is 10.6 Å². The molecule has 6 rings (SSSR count). The molecule has 2 N–H and O–H groups in total. The molecule has 2 aromatic carbocycles. The van der Waals surface area contributed by atoms with E-state index in [0.29, 0.717) is 29.2 Å². The first kappa shape index (κ1) is 34.0. The van der Waals surface area contributed by atoms with E-state index in [0.717, 1.165) is 21.8 Å². The molecule has 0 aliphatic rings. The van der Waals surface area contributed by atoms with Crippen LogP contribution in [0.1, 0.15) is 52.6 Å². The van der Waals surface area contributed by atoms with E-state index in [1.807, 2.05) is 20.8 Å². The quantitative estimate of drug-likeness (QED) is 0.175. The molecule has 0 atom stereocenters. The van der Waals surface area contributed by atoms with Gasteiger partial charge in [-0.3, -0.25) is 9.59 Å². The molecule has 4 heterocycles. The van der Waals surface area contributed by atoms with Crippen molar-refractivity contribution in [3.8, 4) is 34.0 Å². The van der Waals surface area contributed by atoms with E-state index in [1.165, 1.54) is 37.4 Å². The zero-order valence-electron chi connectivity index (χ0n) is 26.7. The van der Waals surface area contributed by atoms with Gasteiger partial charge in [0.05, 0.1) is 40.2 Å². The minimum absolute atomic E-state index is 0.0343. The van der Waals surface area contributed by atoms with Gasteiger partial charge in [0, 0.05) is 41.7 Å². The first-order valence-electron chi connectivity index (χ1n) is 14.9. The van der Waals surface area contributed by atoms with Crippen LogP contribution in [-0.4, -0.2) is 48.9 Å². The minimum Gasteiger partial charge on any atom is -0.437 e. The Kier molecular flexibility index (Phi) is 8.28. The topological polar surface area (TPSA) is 120 Å². The second-order valence-corrected chi connectivity index (χ2v) is 12.3. The molecule has 0 fully saturated rings. The lowest BCUT2D eigenvalue weighted by Crippen LogP contribution is -2.40. The summed E-state index contributed by atoms with van der Waals surface area (Å²) in [5.41, 5.74) is -1.10. The Morgan fingerprint density at radius 1 is 0.780 bits per heavy atom. The highest BCUT2D eigenvalue weighted by atomic mass is 19.4. The molecule has 0 unspecified atom stereocenters. The number of alkyl halides is 6. The van der Waals surface area contributed by atoms with E-state index < -0.39 is 40.8 Å². The zero-order chi connectivity index (χ0) is 36.2. The largest absolute Gasteiger partial charge is 0.437 e. The van der Waals surface area contributed by atoms with Crippen molar-refractivity contribution < 1.29 is 40.3 Å². The van der Waals surface area contributed by atoms with Crippen molar-refractivity contribution in [2.24, 2.45) is 0 Å². The van der Waals surface area contributed by atoms with Crippen LogP contribution in [0.15, 0.2) is 83.8 Å². The van der Waals surface area contributed by atoms with Crippen LogP contribution in [0.4, 0.5) is 26.3 Å². The summed E-state index contributed by atoms with van der Waals surface area (Å²) < 4.78 is 88.2. The smallest absolute Gasteiger partial charge is 0.419 e. The fourth-order valence-electron chi connectivity index (χ4n) is 5.16. The second kappa shape index (κ2) is 12.2. The Labute approximate surface area is 279 Å². The molecule has 0 aliphatic carbocycles. The molecule has 0 bridgehead atoms. The van der Waals surface area contributed by atoms with Crippen molar-refractivity contribution in [1.82, 2.24) is 35.2 Å². The fraction of sp³-hybridized carbons (Fsp3) is 0.206. The van der Waals surface area contributed by atoms with Crippen LogP contribution >= 0.6 is 0 Å². The molecule has 0 saturated carbocycles. The molecule has 2 amide bonds. The summed E-state index contributed by atoms with van der Waals surface area (Å²) in [5, 5.41) is 13.3. The number of hydrogen-bond acceptors (Lipinski definition) is 6. The van der Waals surface area contributed by atoms with Crippen LogP contribution in [0.5, 0.6) is 0 Å². The summed E-state index contributed by atoms with van der Waals surface area (Å²) in [6, 6.07) is 13.8. The zero-order valence-corrected chi connectivity index (χ0v) is 26.7. The standard InChI is InChI=1S/C34H27F6N7O3/c1-32(2,3)45-29(48)20-7-5-6-19(12-20)24-13-25-26(30(49)41-4)27(50-31(25)44-28(24)47-17-22(15-43-47)34(38,39)40)18-8-10-23(11-9-18)46-16-21(14-42-46)33(35,36)37/h5-17H,1-4H3,(H,41,49)(H,45,48). The van der Waals surface area contributed by atoms with Gasteiger partial charge in [0.15, 0.2) is 5.82 Å². The van der Waals surface area contributed by atoms with Crippen molar-refractivity contribution in [3.05, 3.63) is 102 Å². The number of pyridine rings is 1. The predicted octanol–water partition coefficient (Wildman–Crippen LogP) is 7.46. The maximum Gasteiger partial charge on any atom is 0.419 e. The number of carbonyl (C=O) groups is 2. The molecule has 6 aromatic rings. The molecule has 0 spiro atoms. The fourth-order valence-corrected chi connectivity index (χ4v) is 5.16. The number of halogens is 6. The lowest BCUT2D eigenvalue weighted by molar-refractivity contribution is -0.138. The lowest BCUT2D eigenvalue weighted by atomic mass is 9.99. The number of hydrogen-bond donors (Lipinski definition) is 2. The summed E-state index contributed by atoms with van der Waals surface area (Å²) in [5.74, 6) is -1.02. The average molecular weight is 696 g/mol. The van der Waals surface area contributed by atoms with Crippen LogP contribution in [0.25, 0.3) is 45.1 Å². The number of amides is 2. The van der Waals surface area contributed by atoms with Gasteiger partial charge in [0.2, 0.25) is 5.71 Å². The SMILES string of the molecule is CNC(=O)c1c(-c2ccc(-n3cc(C(F)(F)F)cn3)cc2)oc2nc(-n3cc(C(F)(F)F)cn3)c(-c3cccc(C(=O)NC(C)(C)C)c3)cc12. The van der Waals surface area contributed by atoms with Crippen molar-refractivity contribution in [2.75, 3.05) is 7.05 Å². The van der Waals surface area contributed by atoms with Crippen LogP contribution in [0.3, 0.4) is 0 Å². The Balaban J connectivity index is 1.53. The third-order valence-corrected chi connectivity index (χ3v) is 7.47. The Hall–Kier alpha value is -5.93. The van der Waals surface area contributed by atoms with Gasteiger partial charge in [0.25, 0.3) is 11.8 Å². The van der Waals surface area contributed by atoms with E-state index in [1.54, 1.807) is 24.3 Å². The molecule has 0 saturated heterocycles. The number of furan rings is 1. The van der Waals surface area contributed by atoms with Crippen LogP contribution in [-0.2, 0) is 12.4 Å². The summed E-state index contributed by atoms with van der Waals surface area (Å²) in [7, 11) is 1.40. The number of aromatic nitrogens is 5. The van der Waals surface area contributed by atoms with Gasteiger partial charge >= 0.3 is 12.4 Å². The van der Waals surface area contributed by atoms with Gasteiger partial charge in [-0.2, -0.15) is 41.5 Å². The van der Waals surface area contributed by atoms with Gasteiger partial charge in [-0.25, -0.2) is 9.36 Å².